The highest BCUT2D eigenvalue weighted by Crippen LogP contribution is 2.29. The van der Waals surface area contributed by atoms with Crippen LogP contribution in [0.4, 0.5) is 0 Å². The second-order valence-electron chi connectivity index (χ2n) is 7.48. The first-order valence-corrected chi connectivity index (χ1v) is 11.3. The van der Waals surface area contributed by atoms with Crippen LogP contribution < -0.4 is 5.32 Å². The molecule has 0 spiro atoms. The number of thioether (sulfide) groups is 1. The van der Waals surface area contributed by atoms with Crippen molar-refractivity contribution in [1.29, 1.82) is 0 Å². The van der Waals surface area contributed by atoms with Crippen LogP contribution in [-0.2, 0) is 4.79 Å². The van der Waals surface area contributed by atoms with Gasteiger partial charge in [0.05, 0.1) is 11.4 Å². The third kappa shape index (κ3) is 5.70. The molecule has 2 aromatic carbocycles. The van der Waals surface area contributed by atoms with Gasteiger partial charge in [0.1, 0.15) is 0 Å². The van der Waals surface area contributed by atoms with Crippen LogP contribution in [-0.4, -0.2) is 33.0 Å². The van der Waals surface area contributed by atoms with Crippen molar-refractivity contribution in [2.24, 2.45) is 5.92 Å². The monoisotopic (exact) mass is 472 g/mol. The Morgan fingerprint density at radius 2 is 1.76 bits per heavy atom. The molecule has 5 nitrogen and oxygen atoms in total. The van der Waals surface area contributed by atoms with Crippen molar-refractivity contribution >= 4 is 33.6 Å². The van der Waals surface area contributed by atoms with Crippen molar-refractivity contribution in [1.82, 2.24) is 20.1 Å². The normalized spacial score (nSPS) is 11.1. The largest absolute Gasteiger partial charge is 0.355 e. The van der Waals surface area contributed by atoms with E-state index in [-0.39, 0.29) is 5.91 Å². The van der Waals surface area contributed by atoms with Crippen LogP contribution in [0.2, 0.25) is 0 Å². The van der Waals surface area contributed by atoms with Gasteiger partial charge >= 0.3 is 0 Å². The van der Waals surface area contributed by atoms with Gasteiger partial charge in [-0.3, -0.25) is 9.36 Å². The van der Waals surface area contributed by atoms with Crippen molar-refractivity contribution in [3.05, 3.63) is 58.1 Å². The van der Waals surface area contributed by atoms with Crippen molar-refractivity contribution in [2.45, 2.75) is 32.9 Å². The van der Waals surface area contributed by atoms with Gasteiger partial charge in [-0.25, -0.2) is 0 Å². The van der Waals surface area contributed by atoms with Crippen LogP contribution in [0.5, 0.6) is 0 Å². The summed E-state index contributed by atoms with van der Waals surface area (Å²) in [6.07, 6.45) is 0. The fourth-order valence-electron chi connectivity index (χ4n) is 2.96. The molecule has 1 amide bonds. The Labute approximate surface area is 184 Å². The first kappa shape index (κ1) is 21.6. The topological polar surface area (TPSA) is 59.8 Å². The van der Waals surface area contributed by atoms with Crippen molar-refractivity contribution < 1.29 is 4.79 Å². The number of benzene rings is 2. The lowest BCUT2D eigenvalue weighted by Crippen LogP contribution is -2.28. The number of hydrogen-bond donors (Lipinski definition) is 1. The number of nitrogens with zero attached hydrogens (tertiary/aromatic N) is 3. The Kier molecular flexibility index (Phi) is 7.14. The summed E-state index contributed by atoms with van der Waals surface area (Å²) >= 11 is 4.88. The Bertz CT molecular complexity index is 978. The molecule has 1 aromatic heterocycles. The number of hydrogen-bond acceptors (Lipinski definition) is 4. The molecule has 0 radical (unpaired) electrons. The first-order chi connectivity index (χ1) is 13.8. The molecule has 29 heavy (non-hydrogen) atoms. The van der Waals surface area contributed by atoms with Crippen LogP contribution >= 0.6 is 27.7 Å². The molecular weight excluding hydrogens is 448 g/mol. The number of carbonyl (C=O) groups is 1. The lowest BCUT2D eigenvalue weighted by atomic mass is 10.1. The van der Waals surface area contributed by atoms with Crippen LogP contribution in [0.3, 0.4) is 0 Å². The maximum atomic E-state index is 12.2. The first-order valence-electron chi connectivity index (χ1n) is 9.53. The van der Waals surface area contributed by atoms with Crippen LogP contribution in [0, 0.1) is 19.8 Å². The lowest BCUT2D eigenvalue weighted by Gasteiger charge is -2.12. The van der Waals surface area contributed by atoms with Gasteiger partial charge in [0.2, 0.25) is 5.91 Å². The predicted molar refractivity (Wildman–Crippen MR) is 123 cm³/mol. The minimum atomic E-state index is 0.00358. The summed E-state index contributed by atoms with van der Waals surface area (Å²) in [5, 5.41) is 12.5. The summed E-state index contributed by atoms with van der Waals surface area (Å²) in [6, 6.07) is 14.4. The lowest BCUT2D eigenvalue weighted by molar-refractivity contribution is -0.118. The molecule has 0 aliphatic carbocycles. The molecule has 0 bridgehead atoms. The third-order valence-corrected chi connectivity index (χ3v) is 5.70. The molecule has 7 heteroatoms. The molecule has 152 valence electrons. The summed E-state index contributed by atoms with van der Waals surface area (Å²) in [5.41, 5.74) is 4.30. The van der Waals surface area contributed by atoms with E-state index in [1.54, 1.807) is 0 Å². The average molecular weight is 473 g/mol. The third-order valence-electron chi connectivity index (χ3n) is 4.24. The summed E-state index contributed by atoms with van der Waals surface area (Å²) in [5.74, 6) is 1.49. The van der Waals surface area contributed by atoms with E-state index in [1.165, 1.54) is 22.9 Å². The van der Waals surface area contributed by atoms with Crippen molar-refractivity contribution in [3.8, 4) is 17.1 Å². The Morgan fingerprint density at radius 3 is 2.38 bits per heavy atom. The molecule has 1 heterocycles. The Morgan fingerprint density at radius 1 is 1.10 bits per heavy atom. The molecule has 3 rings (SSSR count). The van der Waals surface area contributed by atoms with Gasteiger partial charge in [-0.1, -0.05) is 59.7 Å². The van der Waals surface area contributed by atoms with Crippen LogP contribution in [0.25, 0.3) is 17.1 Å². The van der Waals surface area contributed by atoms with Crippen molar-refractivity contribution in [2.75, 3.05) is 12.3 Å². The smallest absolute Gasteiger partial charge is 0.230 e. The molecule has 0 saturated heterocycles. The summed E-state index contributed by atoms with van der Waals surface area (Å²) in [6.45, 7) is 8.98. The van der Waals surface area contributed by atoms with E-state index in [1.807, 2.05) is 28.8 Å². The molecule has 0 saturated carbocycles. The predicted octanol–water partition coefficient (Wildman–Crippen LogP) is 5.18. The fourth-order valence-corrected chi connectivity index (χ4v) is 4.01. The molecule has 0 fully saturated rings. The van der Waals surface area contributed by atoms with Gasteiger partial charge in [-0.15, -0.1) is 10.2 Å². The van der Waals surface area contributed by atoms with Gasteiger partial charge in [0.15, 0.2) is 11.0 Å². The molecule has 0 unspecified atom stereocenters. The SMILES string of the molecule is Cc1cc(C)cc(-n2c(SCC(=O)NCC(C)C)nnc2-c2ccc(Br)cc2)c1. The van der Waals surface area contributed by atoms with E-state index >= 15 is 0 Å². The van der Waals surface area contributed by atoms with Gasteiger partial charge in [-0.05, 0) is 55.2 Å². The van der Waals surface area contributed by atoms with Gasteiger partial charge in [0, 0.05) is 16.6 Å². The van der Waals surface area contributed by atoms with E-state index in [0.717, 1.165) is 21.5 Å². The van der Waals surface area contributed by atoms with Gasteiger partial charge < -0.3 is 5.32 Å². The maximum absolute atomic E-state index is 12.2. The molecule has 0 atom stereocenters. The second kappa shape index (κ2) is 9.59. The number of nitrogens with one attached hydrogen (secondary N) is 1. The van der Waals surface area contributed by atoms with E-state index in [4.69, 9.17) is 0 Å². The van der Waals surface area contributed by atoms with E-state index in [0.29, 0.717) is 23.4 Å². The highest BCUT2D eigenvalue weighted by molar-refractivity contribution is 9.10. The number of aromatic nitrogens is 3. The standard InChI is InChI=1S/C22H25BrN4OS/c1-14(2)12-24-20(28)13-29-22-26-25-21(17-5-7-18(23)8-6-17)27(22)19-10-15(3)9-16(4)11-19/h5-11,14H,12-13H2,1-4H3,(H,24,28). The molecule has 3 aromatic rings. The average Bonchev–Trinajstić information content (AvgIpc) is 3.08. The summed E-state index contributed by atoms with van der Waals surface area (Å²) in [4.78, 5) is 12.2. The zero-order valence-corrected chi connectivity index (χ0v) is 19.5. The molecule has 1 N–H and O–H groups in total. The van der Waals surface area contributed by atoms with Crippen LogP contribution in [0.15, 0.2) is 52.1 Å². The zero-order chi connectivity index (χ0) is 21.0. The molecule has 0 aliphatic heterocycles. The van der Waals surface area contributed by atoms with Gasteiger partial charge in [-0.2, -0.15) is 0 Å². The highest BCUT2D eigenvalue weighted by Gasteiger charge is 2.18. The van der Waals surface area contributed by atoms with E-state index in [2.05, 4.69) is 77.3 Å². The number of rotatable bonds is 7. The number of aryl methyl sites for hydroxylation is 2. The number of halogens is 1. The second-order valence-corrected chi connectivity index (χ2v) is 9.34. The minimum Gasteiger partial charge on any atom is -0.355 e. The van der Waals surface area contributed by atoms with Crippen molar-refractivity contribution in [3.63, 3.8) is 0 Å². The maximum Gasteiger partial charge on any atom is 0.230 e. The fraction of sp³-hybridized carbons (Fsp3) is 0.318. The summed E-state index contributed by atoms with van der Waals surface area (Å²) < 4.78 is 3.04. The zero-order valence-electron chi connectivity index (χ0n) is 17.1. The van der Waals surface area contributed by atoms with Gasteiger partial charge in [0.25, 0.3) is 0 Å². The van der Waals surface area contributed by atoms with Crippen LogP contribution in [0.1, 0.15) is 25.0 Å². The molecule has 0 aliphatic rings. The number of amides is 1. The highest BCUT2D eigenvalue weighted by atomic mass is 79.9. The Hall–Kier alpha value is -2.12. The Balaban J connectivity index is 1.96. The van der Waals surface area contributed by atoms with E-state index < -0.39 is 0 Å². The quantitative estimate of drug-likeness (QED) is 0.481. The molecular formula is C22H25BrN4OS. The minimum absolute atomic E-state index is 0.00358. The van der Waals surface area contributed by atoms with E-state index in [9.17, 15) is 4.79 Å². The summed E-state index contributed by atoms with van der Waals surface area (Å²) in [7, 11) is 0. The number of carbonyl (C=O) groups excluding carboxylic acids is 1.